The molecule has 0 saturated carbocycles. The summed E-state index contributed by atoms with van der Waals surface area (Å²) in [7, 11) is 0. The van der Waals surface area contributed by atoms with Crippen molar-refractivity contribution in [2.75, 3.05) is 0 Å². The summed E-state index contributed by atoms with van der Waals surface area (Å²) in [6.45, 7) is 0. The van der Waals surface area contributed by atoms with E-state index in [-0.39, 0.29) is 0 Å². The Morgan fingerprint density at radius 1 is 0.444 bits per heavy atom. The first-order chi connectivity index (χ1) is 22.3. The third-order valence-electron chi connectivity index (χ3n) is 8.87. The Hall–Kier alpha value is -6.06. The van der Waals surface area contributed by atoms with Crippen LogP contribution in [0.2, 0.25) is 0 Å². The van der Waals surface area contributed by atoms with E-state index < -0.39 is 0 Å². The number of imidazole rings is 1. The molecule has 0 amide bonds. The van der Waals surface area contributed by atoms with Crippen LogP contribution in [0.5, 0.6) is 0 Å². The normalized spacial score (nSPS) is 11.6. The first kappa shape index (κ1) is 25.4. The molecule has 0 aliphatic carbocycles. The van der Waals surface area contributed by atoms with Crippen molar-refractivity contribution in [2.45, 2.75) is 0 Å². The van der Waals surface area contributed by atoms with Gasteiger partial charge in [0, 0.05) is 11.8 Å². The Morgan fingerprint density at radius 2 is 1.02 bits per heavy atom. The lowest BCUT2D eigenvalue weighted by Crippen LogP contribution is -1.98. The highest BCUT2D eigenvalue weighted by molar-refractivity contribution is 6.21. The van der Waals surface area contributed by atoms with E-state index >= 15 is 0 Å². The van der Waals surface area contributed by atoms with Crippen LogP contribution in [0, 0.1) is 0 Å². The summed E-state index contributed by atoms with van der Waals surface area (Å²) in [4.78, 5) is 9.45. The molecule has 9 aromatic rings. The van der Waals surface area contributed by atoms with Crippen molar-refractivity contribution >= 4 is 43.4 Å². The minimum Gasteiger partial charge on any atom is -0.291 e. The van der Waals surface area contributed by atoms with E-state index in [0.29, 0.717) is 0 Å². The SMILES string of the molecule is c1cncc(-n2c(-c3ccc(-c4c5ccccc5c(-c5ccc6ccccc6c5)c5ccccc45)cc3)nc3ccccc32)c1. The van der Waals surface area contributed by atoms with Gasteiger partial charge in [-0.15, -0.1) is 0 Å². The van der Waals surface area contributed by atoms with Gasteiger partial charge in [0.2, 0.25) is 0 Å². The van der Waals surface area contributed by atoms with Crippen molar-refractivity contribution in [1.29, 1.82) is 0 Å². The lowest BCUT2D eigenvalue weighted by atomic mass is 9.85. The van der Waals surface area contributed by atoms with Gasteiger partial charge >= 0.3 is 0 Å². The summed E-state index contributed by atoms with van der Waals surface area (Å²) < 4.78 is 2.19. The summed E-state index contributed by atoms with van der Waals surface area (Å²) in [6.07, 6.45) is 3.69. The second-order valence-corrected chi connectivity index (χ2v) is 11.5. The van der Waals surface area contributed by atoms with E-state index in [1.54, 1.807) is 6.20 Å². The molecular formula is C42H27N3. The lowest BCUT2D eigenvalue weighted by Gasteiger charge is -2.18. The molecule has 3 nitrogen and oxygen atoms in total. The number of hydrogen-bond acceptors (Lipinski definition) is 2. The van der Waals surface area contributed by atoms with Gasteiger partial charge in [-0.05, 0) is 84.9 Å². The zero-order valence-electron chi connectivity index (χ0n) is 24.4. The monoisotopic (exact) mass is 573 g/mol. The fraction of sp³-hybridized carbons (Fsp3) is 0. The Morgan fingerprint density at radius 3 is 1.71 bits per heavy atom. The topological polar surface area (TPSA) is 30.7 Å². The number of fused-ring (bicyclic) bond motifs is 4. The van der Waals surface area contributed by atoms with Crippen molar-refractivity contribution in [2.24, 2.45) is 0 Å². The van der Waals surface area contributed by atoms with Crippen molar-refractivity contribution in [1.82, 2.24) is 14.5 Å². The van der Waals surface area contributed by atoms with Crippen LogP contribution in [0.15, 0.2) is 164 Å². The number of para-hydroxylation sites is 2. The molecule has 0 unspecified atom stereocenters. The molecular weight excluding hydrogens is 546 g/mol. The molecule has 2 heterocycles. The molecule has 7 aromatic carbocycles. The molecule has 0 radical (unpaired) electrons. The Labute approximate surface area is 260 Å². The van der Waals surface area contributed by atoms with Gasteiger partial charge in [-0.3, -0.25) is 9.55 Å². The summed E-state index contributed by atoms with van der Waals surface area (Å²) >= 11 is 0. The van der Waals surface area contributed by atoms with Crippen LogP contribution >= 0.6 is 0 Å². The summed E-state index contributed by atoms with van der Waals surface area (Å²) in [6, 6.07) is 54.3. The van der Waals surface area contributed by atoms with Crippen molar-refractivity contribution < 1.29 is 0 Å². The maximum Gasteiger partial charge on any atom is 0.145 e. The smallest absolute Gasteiger partial charge is 0.145 e. The molecule has 210 valence electrons. The maximum atomic E-state index is 5.06. The van der Waals surface area contributed by atoms with Crippen LogP contribution in [-0.4, -0.2) is 14.5 Å². The molecule has 0 spiro atoms. The van der Waals surface area contributed by atoms with E-state index in [1.165, 1.54) is 54.6 Å². The number of rotatable bonds is 4. The molecule has 0 atom stereocenters. The van der Waals surface area contributed by atoms with E-state index in [4.69, 9.17) is 4.98 Å². The minimum atomic E-state index is 0.900. The molecule has 0 N–H and O–H groups in total. The molecule has 0 aliphatic heterocycles. The van der Waals surface area contributed by atoms with E-state index in [9.17, 15) is 0 Å². The van der Waals surface area contributed by atoms with Crippen LogP contribution in [0.1, 0.15) is 0 Å². The van der Waals surface area contributed by atoms with Gasteiger partial charge in [0.25, 0.3) is 0 Å². The number of hydrogen-bond donors (Lipinski definition) is 0. The predicted molar refractivity (Wildman–Crippen MR) is 188 cm³/mol. The third-order valence-corrected chi connectivity index (χ3v) is 8.87. The molecule has 3 heteroatoms. The molecule has 0 aliphatic rings. The Balaban J connectivity index is 1.25. The predicted octanol–water partition coefficient (Wildman–Crippen LogP) is 10.9. The van der Waals surface area contributed by atoms with Crippen LogP contribution in [-0.2, 0) is 0 Å². The summed E-state index contributed by atoms with van der Waals surface area (Å²) in [5, 5.41) is 7.50. The van der Waals surface area contributed by atoms with Crippen LogP contribution in [0.3, 0.4) is 0 Å². The van der Waals surface area contributed by atoms with Crippen LogP contribution in [0.25, 0.3) is 82.7 Å². The van der Waals surface area contributed by atoms with Gasteiger partial charge in [-0.1, -0.05) is 121 Å². The standard InChI is InChI=1S/C42H27N3/c1-2-11-31-26-32(24-19-28(31)10-1)41-36-15-5-3-13-34(36)40(35-14-4-6-16-37(35)41)29-20-22-30(23-21-29)42-44-38-17-7-8-18-39(38)45(42)33-12-9-25-43-27-33/h1-27H. The highest BCUT2D eigenvalue weighted by atomic mass is 15.1. The highest BCUT2D eigenvalue weighted by Gasteiger charge is 2.18. The van der Waals surface area contributed by atoms with Crippen LogP contribution < -0.4 is 0 Å². The van der Waals surface area contributed by atoms with Crippen molar-refractivity contribution in [3.8, 4) is 39.3 Å². The Bertz CT molecular complexity index is 2470. The zero-order valence-corrected chi connectivity index (χ0v) is 24.4. The largest absolute Gasteiger partial charge is 0.291 e. The third kappa shape index (κ3) is 4.13. The highest BCUT2D eigenvalue weighted by Crippen LogP contribution is 2.44. The number of aromatic nitrogens is 3. The van der Waals surface area contributed by atoms with Gasteiger partial charge in [-0.25, -0.2) is 4.98 Å². The number of pyridine rings is 1. The van der Waals surface area contributed by atoms with E-state index in [0.717, 1.165) is 28.1 Å². The van der Waals surface area contributed by atoms with Crippen LogP contribution in [0.4, 0.5) is 0 Å². The van der Waals surface area contributed by atoms with E-state index in [1.807, 2.05) is 18.3 Å². The fourth-order valence-electron chi connectivity index (χ4n) is 6.85. The number of nitrogens with zero attached hydrogens (tertiary/aromatic N) is 3. The lowest BCUT2D eigenvalue weighted by molar-refractivity contribution is 1.08. The molecule has 9 rings (SSSR count). The molecule has 0 saturated heterocycles. The second kappa shape index (κ2) is 10.3. The Kier molecular flexibility index (Phi) is 5.82. The van der Waals surface area contributed by atoms with Gasteiger partial charge in [0.15, 0.2) is 0 Å². The van der Waals surface area contributed by atoms with Gasteiger partial charge in [0.05, 0.1) is 22.9 Å². The van der Waals surface area contributed by atoms with E-state index in [2.05, 4.69) is 149 Å². The van der Waals surface area contributed by atoms with Gasteiger partial charge in [-0.2, -0.15) is 0 Å². The van der Waals surface area contributed by atoms with Gasteiger partial charge in [0.1, 0.15) is 5.82 Å². The molecule has 0 bridgehead atoms. The number of benzene rings is 7. The quantitative estimate of drug-likeness (QED) is 0.196. The minimum absolute atomic E-state index is 0.900. The van der Waals surface area contributed by atoms with Gasteiger partial charge < -0.3 is 0 Å². The van der Waals surface area contributed by atoms with Crippen molar-refractivity contribution in [3.63, 3.8) is 0 Å². The molecule has 2 aromatic heterocycles. The summed E-state index contributed by atoms with van der Waals surface area (Å²) in [5.41, 5.74) is 9.01. The molecule has 45 heavy (non-hydrogen) atoms. The first-order valence-electron chi connectivity index (χ1n) is 15.2. The average molecular weight is 574 g/mol. The maximum absolute atomic E-state index is 5.06. The zero-order chi connectivity index (χ0) is 29.7. The first-order valence-corrected chi connectivity index (χ1v) is 15.2. The fourth-order valence-corrected chi connectivity index (χ4v) is 6.85. The average Bonchev–Trinajstić information content (AvgIpc) is 3.50. The van der Waals surface area contributed by atoms with Crippen molar-refractivity contribution in [3.05, 3.63) is 164 Å². The summed E-state index contributed by atoms with van der Waals surface area (Å²) in [5.74, 6) is 0.900. The molecule has 0 fully saturated rings. The second-order valence-electron chi connectivity index (χ2n) is 11.5.